The maximum absolute atomic E-state index is 9.55. The summed E-state index contributed by atoms with van der Waals surface area (Å²) < 4.78 is 5.92. The van der Waals surface area contributed by atoms with Gasteiger partial charge in [0.25, 0.3) is 0 Å². The molecule has 2 aliphatic rings. The number of benzene rings is 2. The second-order valence-electron chi connectivity index (χ2n) is 6.37. The molecule has 2 aromatic carbocycles. The first-order valence-electron chi connectivity index (χ1n) is 7.82. The Morgan fingerprint density at radius 1 is 1.00 bits per heavy atom. The van der Waals surface area contributed by atoms with Gasteiger partial charge in [0.2, 0.25) is 0 Å². The van der Waals surface area contributed by atoms with Crippen LogP contribution in [0.5, 0.6) is 11.5 Å². The van der Waals surface area contributed by atoms with Crippen molar-refractivity contribution in [3.63, 3.8) is 0 Å². The SMILES string of the molecule is Oc1ccc2ccc(OCCC3CC4C=CC3C4)cc2c1. The molecule has 0 radical (unpaired) electrons. The zero-order chi connectivity index (χ0) is 14.2. The molecular weight excluding hydrogens is 260 g/mol. The van der Waals surface area contributed by atoms with Gasteiger partial charge in [0.05, 0.1) is 6.61 Å². The van der Waals surface area contributed by atoms with Crippen LogP contribution >= 0.6 is 0 Å². The molecule has 3 unspecified atom stereocenters. The Morgan fingerprint density at radius 2 is 1.90 bits per heavy atom. The second-order valence-corrected chi connectivity index (χ2v) is 6.37. The molecule has 2 aromatic rings. The summed E-state index contributed by atoms with van der Waals surface area (Å²) in [6.45, 7) is 0.784. The van der Waals surface area contributed by atoms with Crippen LogP contribution in [0.25, 0.3) is 10.8 Å². The lowest BCUT2D eigenvalue weighted by molar-refractivity contribution is 0.263. The minimum Gasteiger partial charge on any atom is -0.508 e. The Labute approximate surface area is 125 Å². The summed E-state index contributed by atoms with van der Waals surface area (Å²) in [4.78, 5) is 0. The number of ether oxygens (including phenoxy) is 1. The van der Waals surface area contributed by atoms with Gasteiger partial charge in [-0.2, -0.15) is 0 Å². The molecule has 21 heavy (non-hydrogen) atoms. The van der Waals surface area contributed by atoms with Gasteiger partial charge in [-0.1, -0.05) is 24.3 Å². The summed E-state index contributed by atoms with van der Waals surface area (Å²) >= 11 is 0. The lowest BCUT2D eigenvalue weighted by Gasteiger charge is -2.18. The summed E-state index contributed by atoms with van der Waals surface area (Å²) in [6, 6.07) is 11.5. The summed E-state index contributed by atoms with van der Waals surface area (Å²) in [5.41, 5.74) is 0. The Hall–Kier alpha value is -1.96. The predicted octanol–water partition coefficient (Wildman–Crippen LogP) is 4.53. The standard InChI is InChI=1S/C19H20O2/c20-18-5-3-14-4-6-19(12-17(14)11-18)21-8-7-16-10-13-1-2-15(16)9-13/h1-6,11-13,15-16,20H,7-10H2. The van der Waals surface area contributed by atoms with Crippen LogP contribution in [0.15, 0.2) is 48.6 Å². The van der Waals surface area contributed by atoms with Crippen LogP contribution in [0.2, 0.25) is 0 Å². The van der Waals surface area contributed by atoms with E-state index in [4.69, 9.17) is 4.74 Å². The Balaban J connectivity index is 1.39. The molecule has 0 saturated heterocycles. The van der Waals surface area contributed by atoms with Crippen LogP contribution < -0.4 is 4.74 Å². The molecule has 4 rings (SSSR count). The Kier molecular flexibility index (Phi) is 3.10. The number of hydrogen-bond donors (Lipinski definition) is 1. The third-order valence-electron chi connectivity index (χ3n) is 4.97. The fourth-order valence-electron chi connectivity index (χ4n) is 3.86. The first-order chi connectivity index (χ1) is 10.3. The van der Waals surface area contributed by atoms with Crippen molar-refractivity contribution in [3.8, 4) is 11.5 Å². The summed E-state index contributed by atoms with van der Waals surface area (Å²) in [7, 11) is 0. The van der Waals surface area contributed by atoms with Gasteiger partial charge in [-0.3, -0.25) is 0 Å². The molecule has 1 saturated carbocycles. The number of allylic oxidation sites excluding steroid dienone is 2. The number of phenolic OH excluding ortho intramolecular Hbond substituents is 1. The monoisotopic (exact) mass is 280 g/mol. The third kappa shape index (κ3) is 2.51. The lowest BCUT2D eigenvalue weighted by atomic mass is 9.91. The van der Waals surface area contributed by atoms with Crippen LogP contribution in [-0.4, -0.2) is 11.7 Å². The van der Waals surface area contributed by atoms with Gasteiger partial charge in [-0.25, -0.2) is 0 Å². The normalized spacial score (nSPS) is 26.6. The van der Waals surface area contributed by atoms with E-state index in [1.54, 1.807) is 12.1 Å². The number of fused-ring (bicyclic) bond motifs is 3. The van der Waals surface area contributed by atoms with Crippen molar-refractivity contribution in [2.45, 2.75) is 19.3 Å². The van der Waals surface area contributed by atoms with E-state index in [1.807, 2.05) is 24.3 Å². The number of aromatic hydroxyl groups is 1. The highest BCUT2D eigenvalue weighted by Crippen LogP contribution is 2.44. The van der Waals surface area contributed by atoms with Crippen LogP contribution in [0, 0.1) is 17.8 Å². The van der Waals surface area contributed by atoms with E-state index >= 15 is 0 Å². The van der Waals surface area contributed by atoms with Crippen LogP contribution in [0.4, 0.5) is 0 Å². The van der Waals surface area contributed by atoms with Crippen molar-refractivity contribution in [2.24, 2.45) is 17.8 Å². The first kappa shape index (κ1) is 12.8. The van der Waals surface area contributed by atoms with E-state index in [0.29, 0.717) is 5.75 Å². The van der Waals surface area contributed by atoms with E-state index in [2.05, 4.69) is 12.2 Å². The molecule has 1 fully saturated rings. The molecule has 2 heteroatoms. The second kappa shape index (κ2) is 5.10. The number of phenols is 1. The first-order valence-corrected chi connectivity index (χ1v) is 7.82. The molecule has 2 aliphatic carbocycles. The number of hydrogen-bond acceptors (Lipinski definition) is 2. The van der Waals surface area contributed by atoms with Crippen molar-refractivity contribution >= 4 is 10.8 Å². The summed E-state index contributed by atoms with van der Waals surface area (Å²) in [5.74, 6) is 3.64. The topological polar surface area (TPSA) is 29.5 Å². The van der Waals surface area contributed by atoms with Crippen molar-refractivity contribution < 1.29 is 9.84 Å². The number of rotatable bonds is 4. The largest absolute Gasteiger partial charge is 0.508 e. The van der Waals surface area contributed by atoms with E-state index in [1.165, 1.54) is 12.8 Å². The highest BCUT2D eigenvalue weighted by molar-refractivity contribution is 5.85. The molecule has 3 atom stereocenters. The zero-order valence-corrected chi connectivity index (χ0v) is 12.0. The highest BCUT2D eigenvalue weighted by Gasteiger charge is 2.35. The molecule has 0 spiro atoms. The van der Waals surface area contributed by atoms with Gasteiger partial charge in [0.1, 0.15) is 11.5 Å². The fourth-order valence-corrected chi connectivity index (χ4v) is 3.86. The molecule has 0 aromatic heterocycles. The summed E-state index contributed by atoms with van der Waals surface area (Å²) in [5, 5.41) is 11.7. The molecule has 0 aliphatic heterocycles. The predicted molar refractivity (Wildman–Crippen MR) is 84.6 cm³/mol. The van der Waals surface area contributed by atoms with Gasteiger partial charge in [-0.15, -0.1) is 0 Å². The van der Waals surface area contributed by atoms with Crippen molar-refractivity contribution in [1.82, 2.24) is 0 Å². The zero-order valence-electron chi connectivity index (χ0n) is 12.0. The molecule has 2 nitrogen and oxygen atoms in total. The molecule has 108 valence electrons. The van der Waals surface area contributed by atoms with E-state index in [-0.39, 0.29) is 0 Å². The van der Waals surface area contributed by atoms with E-state index in [9.17, 15) is 5.11 Å². The highest BCUT2D eigenvalue weighted by atomic mass is 16.5. The Morgan fingerprint density at radius 3 is 2.71 bits per heavy atom. The minimum atomic E-state index is 0.299. The molecule has 0 amide bonds. The molecule has 2 bridgehead atoms. The van der Waals surface area contributed by atoms with Crippen molar-refractivity contribution in [3.05, 3.63) is 48.6 Å². The van der Waals surface area contributed by atoms with E-state index in [0.717, 1.165) is 47.3 Å². The van der Waals surface area contributed by atoms with Gasteiger partial charge in [0.15, 0.2) is 0 Å². The van der Waals surface area contributed by atoms with Crippen molar-refractivity contribution in [1.29, 1.82) is 0 Å². The van der Waals surface area contributed by atoms with Crippen LogP contribution in [0.3, 0.4) is 0 Å². The summed E-state index contributed by atoms with van der Waals surface area (Å²) in [6.07, 6.45) is 8.63. The van der Waals surface area contributed by atoms with Gasteiger partial charge < -0.3 is 9.84 Å². The van der Waals surface area contributed by atoms with Crippen LogP contribution in [0.1, 0.15) is 19.3 Å². The molecular formula is C19H20O2. The van der Waals surface area contributed by atoms with Gasteiger partial charge in [0, 0.05) is 0 Å². The average Bonchev–Trinajstić information content (AvgIpc) is 3.09. The van der Waals surface area contributed by atoms with Crippen molar-refractivity contribution in [2.75, 3.05) is 6.61 Å². The van der Waals surface area contributed by atoms with Gasteiger partial charge in [-0.05, 0) is 72.1 Å². The molecule has 0 heterocycles. The Bertz CT molecular complexity index is 689. The van der Waals surface area contributed by atoms with E-state index < -0.39 is 0 Å². The lowest BCUT2D eigenvalue weighted by Crippen LogP contribution is -2.11. The third-order valence-corrected chi connectivity index (χ3v) is 4.97. The van der Waals surface area contributed by atoms with Crippen LogP contribution in [-0.2, 0) is 0 Å². The average molecular weight is 280 g/mol. The smallest absolute Gasteiger partial charge is 0.119 e. The maximum Gasteiger partial charge on any atom is 0.119 e. The quantitative estimate of drug-likeness (QED) is 0.834. The minimum absolute atomic E-state index is 0.299. The van der Waals surface area contributed by atoms with Gasteiger partial charge >= 0.3 is 0 Å². The molecule has 1 N–H and O–H groups in total. The fraction of sp³-hybridized carbons (Fsp3) is 0.368. The maximum atomic E-state index is 9.55.